The van der Waals surface area contributed by atoms with E-state index in [0.29, 0.717) is 0 Å². The van der Waals surface area contributed by atoms with Crippen LogP contribution in [0.1, 0.15) is 5.56 Å². The molecule has 0 saturated heterocycles. The van der Waals surface area contributed by atoms with Crippen molar-refractivity contribution < 1.29 is 13.5 Å². The van der Waals surface area contributed by atoms with Crippen molar-refractivity contribution >= 4 is 17.4 Å². The van der Waals surface area contributed by atoms with Crippen molar-refractivity contribution in [1.29, 1.82) is 5.41 Å². The molecule has 0 aliphatic rings. The molecule has 2 aromatic carbocycles. The first-order valence-corrected chi connectivity index (χ1v) is 5.62. The molecule has 0 spiro atoms. The smallest absolute Gasteiger partial charge is 0.166 e. The van der Waals surface area contributed by atoms with Crippen molar-refractivity contribution in [3.63, 3.8) is 0 Å². The number of benzene rings is 2. The number of nitrogen functional groups attached to an aromatic ring is 1. The lowest BCUT2D eigenvalue weighted by Gasteiger charge is -2.12. The third-order valence-electron chi connectivity index (χ3n) is 2.36. The van der Waals surface area contributed by atoms with Crippen LogP contribution in [0.2, 0.25) is 5.02 Å². The third-order valence-corrected chi connectivity index (χ3v) is 2.67. The molecule has 0 amide bonds. The van der Waals surface area contributed by atoms with Gasteiger partial charge in [0.05, 0.1) is 10.6 Å². The quantitative estimate of drug-likeness (QED) is 0.666. The van der Waals surface area contributed by atoms with Gasteiger partial charge in [0.25, 0.3) is 0 Å². The lowest BCUT2D eigenvalue weighted by Crippen LogP contribution is -2.13. The molecule has 0 atom stereocenters. The summed E-state index contributed by atoms with van der Waals surface area (Å²) in [6, 6.07) is 7.37. The number of nitrogens with two attached hydrogens (primary N) is 1. The first-order chi connectivity index (χ1) is 8.99. The Hall–Kier alpha value is -2.14. The molecule has 0 heterocycles. The SMILES string of the molecule is N=C(N)c1c(Cl)cccc1Oc1cc(F)ccc1F. The minimum absolute atomic E-state index is 0.0875. The second-order valence-corrected chi connectivity index (χ2v) is 4.11. The van der Waals surface area contributed by atoms with Gasteiger partial charge in [-0.2, -0.15) is 0 Å². The van der Waals surface area contributed by atoms with Gasteiger partial charge in [0.2, 0.25) is 0 Å². The standard InChI is InChI=1S/C13H9ClF2N2O/c14-8-2-1-3-10(12(8)13(17)18)19-11-6-7(15)4-5-9(11)16/h1-6H,(H3,17,18). The summed E-state index contributed by atoms with van der Waals surface area (Å²) in [6.45, 7) is 0. The van der Waals surface area contributed by atoms with E-state index in [-0.39, 0.29) is 27.9 Å². The van der Waals surface area contributed by atoms with Gasteiger partial charge in [-0.25, -0.2) is 8.78 Å². The third kappa shape index (κ3) is 2.82. The molecule has 2 aromatic rings. The van der Waals surface area contributed by atoms with E-state index in [4.69, 9.17) is 27.5 Å². The maximum absolute atomic E-state index is 13.5. The molecule has 3 nitrogen and oxygen atoms in total. The van der Waals surface area contributed by atoms with E-state index >= 15 is 0 Å². The van der Waals surface area contributed by atoms with E-state index in [0.717, 1.165) is 18.2 Å². The summed E-state index contributed by atoms with van der Waals surface area (Å²) in [5.74, 6) is -1.90. The van der Waals surface area contributed by atoms with Crippen molar-refractivity contribution in [1.82, 2.24) is 0 Å². The highest BCUT2D eigenvalue weighted by Crippen LogP contribution is 2.31. The molecule has 2 rings (SSSR count). The minimum Gasteiger partial charge on any atom is -0.453 e. The second-order valence-electron chi connectivity index (χ2n) is 3.70. The van der Waals surface area contributed by atoms with Crippen LogP contribution in [0.3, 0.4) is 0 Å². The van der Waals surface area contributed by atoms with E-state index in [9.17, 15) is 8.78 Å². The van der Waals surface area contributed by atoms with E-state index in [1.165, 1.54) is 12.1 Å². The molecule has 0 fully saturated rings. The second kappa shape index (κ2) is 5.24. The molecular weight excluding hydrogens is 274 g/mol. The molecule has 0 bridgehead atoms. The number of hydrogen-bond acceptors (Lipinski definition) is 2. The highest BCUT2D eigenvalue weighted by Gasteiger charge is 2.14. The van der Waals surface area contributed by atoms with Crippen LogP contribution in [-0.4, -0.2) is 5.84 Å². The Morgan fingerprint density at radius 3 is 2.58 bits per heavy atom. The zero-order valence-electron chi connectivity index (χ0n) is 9.58. The van der Waals surface area contributed by atoms with Gasteiger partial charge in [-0.15, -0.1) is 0 Å². The van der Waals surface area contributed by atoms with Gasteiger partial charge in [-0.1, -0.05) is 17.7 Å². The lowest BCUT2D eigenvalue weighted by molar-refractivity contribution is 0.436. The molecule has 0 saturated carbocycles. The van der Waals surface area contributed by atoms with E-state index in [2.05, 4.69) is 0 Å². The van der Waals surface area contributed by atoms with E-state index in [1.54, 1.807) is 6.07 Å². The lowest BCUT2D eigenvalue weighted by atomic mass is 10.2. The maximum Gasteiger partial charge on any atom is 0.166 e. The van der Waals surface area contributed by atoms with Crippen LogP contribution in [0, 0.1) is 17.0 Å². The van der Waals surface area contributed by atoms with Crippen LogP contribution in [0.15, 0.2) is 36.4 Å². The molecule has 3 N–H and O–H groups in total. The molecular formula is C13H9ClF2N2O. The predicted molar refractivity (Wildman–Crippen MR) is 68.9 cm³/mol. The Morgan fingerprint density at radius 1 is 1.16 bits per heavy atom. The first-order valence-electron chi connectivity index (χ1n) is 5.25. The van der Waals surface area contributed by atoms with Crippen LogP contribution in [0.25, 0.3) is 0 Å². The maximum atomic E-state index is 13.5. The van der Waals surface area contributed by atoms with Gasteiger partial charge in [-0.05, 0) is 24.3 Å². The summed E-state index contributed by atoms with van der Waals surface area (Å²) in [4.78, 5) is 0. The number of nitrogens with one attached hydrogen (secondary N) is 1. The fourth-order valence-corrected chi connectivity index (χ4v) is 1.79. The first kappa shape index (κ1) is 13.3. The topological polar surface area (TPSA) is 59.1 Å². The van der Waals surface area contributed by atoms with Gasteiger partial charge < -0.3 is 10.5 Å². The average molecular weight is 283 g/mol. The summed E-state index contributed by atoms with van der Waals surface area (Å²) in [5, 5.41) is 7.62. The number of ether oxygens (including phenoxy) is 1. The van der Waals surface area contributed by atoms with Crippen molar-refractivity contribution in [3.8, 4) is 11.5 Å². The monoisotopic (exact) mass is 282 g/mol. The minimum atomic E-state index is -0.726. The Kier molecular flexibility index (Phi) is 3.66. The number of rotatable bonds is 3. The van der Waals surface area contributed by atoms with Crippen molar-refractivity contribution in [2.75, 3.05) is 0 Å². The normalized spacial score (nSPS) is 10.3. The van der Waals surface area contributed by atoms with Gasteiger partial charge in [0, 0.05) is 6.07 Å². The van der Waals surface area contributed by atoms with Gasteiger partial charge in [-0.3, -0.25) is 5.41 Å². The molecule has 0 aliphatic carbocycles. The Morgan fingerprint density at radius 2 is 1.89 bits per heavy atom. The van der Waals surface area contributed by atoms with Gasteiger partial charge in [0.1, 0.15) is 17.4 Å². The zero-order chi connectivity index (χ0) is 14.0. The van der Waals surface area contributed by atoms with Crippen molar-refractivity contribution in [2.24, 2.45) is 5.73 Å². The summed E-state index contributed by atoms with van der Waals surface area (Å²) in [7, 11) is 0. The molecule has 6 heteroatoms. The van der Waals surface area contributed by atoms with Crippen LogP contribution in [0.4, 0.5) is 8.78 Å². The number of halogens is 3. The Balaban J connectivity index is 2.46. The fraction of sp³-hybridized carbons (Fsp3) is 0. The molecule has 0 aliphatic heterocycles. The number of hydrogen-bond donors (Lipinski definition) is 2. The van der Waals surface area contributed by atoms with Gasteiger partial charge >= 0.3 is 0 Å². The summed E-state index contributed by atoms with van der Waals surface area (Å²) in [5.41, 5.74) is 5.52. The van der Waals surface area contributed by atoms with Crippen LogP contribution >= 0.6 is 11.6 Å². The molecule has 98 valence electrons. The van der Waals surface area contributed by atoms with Gasteiger partial charge in [0.15, 0.2) is 11.6 Å². The largest absolute Gasteiger partial charge is 0.453 e. The van der Waals surface area contributed by atoms with Crippen LogP contribution < -0.4 is 10.5 Å². The predicted octanol–water partition coefficient (Wildman–Crippen LogP) is 3.69. The van der Waals surface area contributed by atoms with Crippen LogP contribution in [-0.2, 0) is 0 Å². The zero-order valence-corrected chi connectivity index (χ0v) is 10.3. The Bertz CT molecular complexity index is 647. The van der Waals surface area contributed by atoms with E-state index < -0.39 is 11.6 Å². The highest BCUT2D eigenvalue weighted by molar-refractivity contribution is 6.34. The number of amidine groups is 1. The highest BCUT2D eigenvalue weighted by atomic mass is 35.5. The summed E-state index contributed by atoms with van der Waals surface area (Å²) >= 11 is 5.89. The summed E-state index contributed by atoms with van der Waals surface area (Å²) in [6.07, 6.45) is 0. The average Bonchev–Trinajstić information content (AvgIpc) is 2.33. The summed E-state index contributed by atoms with van der Waals surface area (Å²) < 4.78 is 31.8. The fourth-order valence-electron chi connectivity index (χ4n) is 1.52. The molecule has 0 aromatic heterocycles. The van der Waals surface area contributed by atoms with E-state index in [1.807, 2.05) is 0 Å². The molecule has 0 radical (unpaired) electrons. The van der Waals surface area contributed by atoms with Crippen molar-refractivity contribution in [2.45, 2.75) is 0 Å². The molecule has 19 heavy (non-hydrogen) atoms. The van der Waals surface area contributed by atoms with Crippen molar-refractivity contribution in [3.05, 3.63) is 58.6 Å². The van der Waals surface area contributed by atoms with Crippen LogP contribution in [0.5, 0.6) is 11.5 Å². The Labute approximate surface area is 113 Å². The molecule has 0 unspecified atom stereocenters.